The topological polar surface area (TPSA) is 75.1 Å². The molecule has 1 aromatic heterocycles. The second kappa shape index (κ2) is 5.73. The summed E-state index contributed by atoms with van der Waals surface area (Å²) in [4.78, 5) is 14.5. The monoisotopic (exact) mass is 292 g/mol. The van der Waals surface area contributed by atoms with Gasteiger partial charge in [-0.25, -0.2) is 4.68 Å². The maximum atomic E-state index is 12.2. The van der Waals surface area contributed by atoms with Crippen LogP contribution in [-0.2, 0) is 0 Å². The first-order valence-corrected chi connectivity index (χ1v) is 7.69. The molecule has 3 rings (SSSR count). The summed E-state index contributed by atoms with van der Waals surface area (Å²) in [5.41, 5.74) is 0.512. The molecule has 2 aliphatic rings. The Labute approximate surface area is 125 Å². The van der Waals surface area contributed by atoms with Crippen LogP contribution in [0.4, 0.5) is 0 Å². The van der Waals surface area contributed by atoms with Crippen molar-refractivity contribution in [3.63, 3.8) is 0 Å². The first kappa shape index (κ1) is 14.5. The fraction of sp³-hybridized carbons (Fsp3) is 0.786. The lowest BCUT2D eigenvalue weighted by Crippen LogP contribution is -2.50. The molecule has 1 aliphatic carbocycles. The number of carbonyl (C=O) groups excluding carboxylic acids is 1. The summed E-state index contributed by atoms with van der Waals surface area (Å²) < 4.78 is 1.78. The molecule has 0 radical (unpaired) electrons. The SMILES string of the molecule is CN(C)C1(CNC(=O)c2cn(C3CNC3)nn2)CCCC1. The Morgan fingerprint density at radius 3 is 2.76 bits per heavy atom. The lowest BCUT2D eigenvalue weighted by Gasteiger charge is -2.36. The van der Waals surface area contributed by atoms with Crippen LogP contribution in [0.2, 0.25) is 0 Å². The highest BCUT2D eigenvalue weighted by atomic mass is 16.2. The zero-order valence-corrected chi connectivity index (χ0v) is 12.8. The zero-order valence-electron chi connectivity index (χ0n) is 12.8. The lowest BCUT2D eigenvalue weighted by molar-refractivity contribution is 0.0895. The van der Waals surface area contributed by atoms with Gasteiger partial charge >= 0.3 is 0 Å². The van der Waals surface area contributed by atoms with E-state index >= 15 is 0 Å². The molecule has 0 bridgehead atoms. The molecule has 0 atom stereocenters. The van der Waals surface area contributed by atoms with Gasteiger partial charge in [-0.2, -0.15) is 0 Å². The molecule has 1 aliphatic heterocycles. The van der Waals surface area contributed by atoms with Crippen molar-refractivity contribution in [1.29, 1.82) is 0 Å². The van der Waals surface area contributed by atoms with Gasteiger partial charge in [0.2, 0.25) is 0 Å². The van der Waals surface area contributed by atoms with Crippen LogP contribution in [0.3, 0.4) is 0 Å². The Hall–Kier alpha value is -1.47. The number of nitrogens with one attached hydrogen (secondary N) is 2. The Morgan fingerprint density at radius 1 is 1.48 bits per heavy atom. The number of nitrogens with zero attached hydrogens (tertiary/aromatic N) is 4. The van der Waals surface area contributed by atoms with Crippen LogP contribution in [-0.4, -0.2) is 65.1 Å². The Kier molecular flexibility index (Phi) is 3.95. The van der Waals surface area contributed by atoms with E-state index in [4.69, 9.17) is 0 Å². The van der Waals surface area contributed by atoms with Crippen molar-refractivity contribution in [3.05, 3.63) is 11.9 Å². The van der Waals surface area contributed by atoms with Gasteiger partial charge in [-0.05, 0) is 26.9 Å². The minimum absolute atomic E-state index is 0.101. The fourth-order valence-electron chi connectivity index (χ4n) is 3.17. The van der Waals surface area contributed by atoms with E-state index in [1.165, 1.54) is 12.8 Å². The van der Waals surface area contributed by atoms with E-state index in [1.807, 2.05) is 0 Å². The summed E-state index contributed by atoms with van der Waals surface area (Å²) in [6.07, 6.45) is 6.50. The molecule has 1 amide bonds. The van der Waals surface area contributed by atoms with Gasteiger partial charge in [0.05, 0.1) is 12.2 Å². The van der Waals surface area contributed by atoms with Gasteiger partial charge < -0.3 is 15.5 Å². The average molecular weight is 292 g/mol. The van der Waals surface area contributed by atoms with E-state index in [0.29, 0.717) is 18.3 Å². The van der Waals surface area contributed by atoms with E-state index in [-0.39, 0.29) is 11.4 Å². The van der Waals surface area contributed by atoms with Crippen LogP contribution in [0.15, 0.2) is 6.20 Å². The zero-order chi connectivity index (χ0) is 14.9. The number of likely N-dealkylation sites (N-methyl/N-ethyl adjacent to an activating group) is 1. The molecule has 0 spiro atoms. The van der Waals surface area contributed by atoms with Gasteiger partial charge in [-0.1, -0.05) is 18.1 Å². The highest BCUT2D eigenvalue weighted by Gasteiger charge is 2.36. The number of carbonyl (C=O) groups is 1. The number of amides is 1. The van der Waals surface area contributed by atoms with Crippen LogP contribution in [0.1, 0.15) is 42.2 Å². The molecule has 2 heterocycles. The fourth-order valence-corrected chi connectivity index (χ4v) is 3.17. The standard InChI is InChI=1S/C14H24N6O/c1-19(2)14(5-3-4-6-14)10-16-13(21)12-9-20(18-17-12)11-7-15-8-11/h9,11,15H,3-8,10H2,1-2H3,(H,16,21). The Morgan fingerprint density at radius 2 is 2.19 bits per heavy atom. The summed E-state index contributed by atoms with van der Waals surface area (Å²) in [7, 11) is 4.19. The van der Waals surface area contributed by atoms with Crippen LogP contribution in [0.5, 0.6) is 0 Å². The van der Waals surface area contributed by atoms with E-state index in [1.54, 1.807) is 10.9 Å². The van der Waals surface area contributed by atoms with Crippen LogP contribution >= 0.6 is 0 Å². The minimum atomic E-state index is -0.123. The molecule has 21 heavy (non-hydrogen) atoms. The van der Waals surface area contributed by atoms with Gasteiger partial charge in [-0.15, -0.1) is 5.10 Å². The van der Waals surface area contributed by atoms with E-state index < -0.39 is 0 Å². The van der Waals surface area contributed by atoms with Crippen LogP contribution in [0.25, 0.3) is 0 Å². The summed E-state index contributed by atoms with van der Waals surface area (Å²) in [6, 6.07) is 0.335. The smallest absolute Gasteiger partial charge is 0.273 e. The van der Waals surface area contributed by atoms with Crippen molar-refractivity contribution in [1.82, 2.24) is 30.5 Å². The molecule has 7 nitrogen and oxygen atoms in total. The van der Waals surface area contributed by atoms with Crippen molar-refractivity contribution in [2.24, 2.45) is 0 Å². The summed E-state index contributed by atoms with van der Waals surface area (Å²) in [6.45, 7) is 2.47. The van der Waals surface area contributed by atoms with Crippen molar-refractivity contribution in [2.45, 2.75) is 37.3 Å². The maximum absolute atomic E-state index is 12.2. The van der Waals surface area contributed by atoms with E-state index in [2.05, 4.69) is 39.9 Å². The van der Waals surface area contributed by atoms with Gasteiger partial charge in [0.25, 0.3) is 5.91 Å². The van der Waals surface area contributed by atoms with Gasteiger partial charge in [0, 0.05) is 25.2 Å². The number of hydrogen-bond donors (Lipinski definition) is 2. The molecular weight excluding hydrogens is 268 g/mol. The first-order chi connectivity index (χ1) is 10.1. The third-order valence-electron chi connectivity index (χ3n) is 4.94. The predicted molar refractivity (Wildman–Crippen MR) is 79.1 cm³/mol. The lowest BCUT2D eigenvalue weighted by atomic mass is 9.96. The number of rotatable bonds is 5. The third-order valence-corrected chi connectivity index (χ3v) is 4.94. The second-order valence-corrected chi connectivity index (χ2v) is 6.40. The van der Waals surface area contributed by atoms with Crippen molar-refractivity contribution >= 4 is 5.91 Å². The third kappa shape index (κ3) is 2.80. The highest BCUT2D eigenvalue weighted by molar-refractivity contribution is 5.91. The number of aromatic nitrogens is 3. The molecule has 0 unspecified atom stereocenters. The molecular formula is C14H24N6O. The largest absolute Gasteiger partial charge is 0.349 e. The molecule has 2 fully saturated rings. The van der Waals surface area contributed by atoms with Crippen molar-refractivity contribution < 1.29 is 4.79 Å². The summed E-state index contributed by atoms with van der Waals surface area (Å²) in [5, 5.41) is 14.3. The van der Waals surface area contributed by atoms with Gasteiger partial charge in [-0.3, -0.25) is 4.79 Å². The average Bonchev–Trinajstić information content (AvgIpc) is 3.03. The van der Waals surface area contributed by atoms with E-state index in [0.717, 1.165) is 25.9 Å². The summed E-state index contributed by atoms with van der Waals surface area (Å²) >= 11 is 0. The second-order valence-electron chi connectivity index (χ2n) is 6.40. The van der Waals surface area contributed by atoms with Gasteiger partial charge in [0.1, 0.15) is 0 Å². The molecule has 1 saturated heterocycles. The Bertz CT molecular complexity index is 501. The first-order valence-electron chi connectivity index (χ1n) is 7.69. The maximum Gasteiger partial charge on any atom is 0.273 e. The van der Waals surface area contributed by atoms with Crippen molar-refractivity contribution in [3.8, 4) is 0 Å². The quantitative estimate of drug-likeness (QED) is 0.801. The van der Waals surface area contributed by atoms with Gasteiger partial charge in [0.15, 0.2) is 5.69 Å². The molecule has 1 saturated carbocycles. The molecule has 1 aromatic rings. The van der Waals surface area contributed by atoms with Crippen LogP contribution in [0, 0.1) is 0 Å². The molecule has 7 heteroatoms. The highest BCUT2D eigenvalue weighted by Crippen LogP contribution is 2.33. The van der Waals surface area contributed by atoms with E-state index in [9.17, 15) is 4.79 Å². The minimum Gasteiger partial charge on any atom is -0.349 e. The molecule has 0 aromatic carbocycles. The molecule has 2 N–H and O–H groups in total. The number of hydrogen-bond acceptors (Lipinski definition) is 5. The normalized spacial score (nSPS) is 21.5. The van der Waals surface area contributed by atoms with Crippen LogP contribution < -0.4 is 10.6 Å². The molecule has 116 valence electrons. The predicted octanol–water partition coefficient (Wildman–Crippen LogP) is 0.0266. The Balaban J connectivity index is 1.59. The summed E-state index contributed by atoms with van der Waals surface area (Å²) in [5.74, 6) is -0.123. The van der Waals surface area contributed by atoms with Crippen molar-refractivity contribution in [2.75, 3.05) is 33.7 Å².